The Bertz CT molecular complexity index is 811. The fourth-order valence-corrected chi connectivity index (χ4v) is 3.14. The van der Waals surface area contributed by atoms with Crippen molar-refractivity contribution >= 4 is 28.6 Å². The predicted molar refractivity (Wildman–Crippen MR) is 95.1 cm³/mol. The molecule has 1 aromatic heterocycles. The highest BCUT2D eigenvalue weighted by atomic mass is 32.1. The lowest BCUT2D eigenvalue weighted by Gasteiger charge is -2.06. The molecule has 0 saturated carbocycles. The van der Waals surface area contributed by atoms with Crippen molar-refractivity contribution in [2.24, 2.45) is 0 Å². The normalized spacial score (nSPS) is 10.3. The fourth-order valence-electron chi connectivity index (χ4n) is 2.25. The van der Waals surface area contributed by atoms with Crippen molar-refractivity contribution in [2.75, 3.05) is 18.2 Å². The van der Waals surface area contributed by atoms with Gasteiger partial charge < -0.3 is 15.8 Å². The maximum absolute atomic E-state index is 12.4. The smallest absolute Gasteiger partial charge is 0.267 e. The number of nitrogens with two attached hydrogens (primary N) is 1. The van der Waals surface area contributed by atoms with Gasteiger partial charge in [0.1, 0.15) is 10.6 Å². The van der Waals surface area contributed by atoms with E-state index in [1.165, 1.54) is 11.3 Å². The summed E-state index contributed by atoms with van der Waals surface area (Å²) in [5, 5.41) is 4.76. The topological polar surface area (TPSA) is 64.3 Å². The van der Waals surface area contributed by atoms with Gasteiger partial charge in [-0.1, -0.05) is 30.3 Å². The van der Waals surface area contributed by atoms with Crippen LogP contribution in [0.3, 0.4) is 0 Å². The molecule has 4 nitrogen and oxygen atoms in total. The molecule has 0 unspecified atom stereocenters. The molecule has 0 saturated heterocycles. The third-order valence-corrected chi connectivity index (χ3v) is 4.46. The van der Waals surface area contributed by atoms with Crippen molar-refractivity contribution in [1.29, 1.82) is 0 Å². The number of thiophene rings is 1. The summed E-state index contributed by atoms with van der Waals surface area (Å²) in [4.78, 5) is 12.9. The molecule has 2 aromatic carbocycles. The van der Waals surface area contributed by atoms with Crippen molar-refractivity contribution < 1.29 is 9.53 Å². The molecule has 0 atom stereocenters. The van der Waals surface area contributed by atoms with Crippen molar-refractivity contribution in [3.05, 3.63) is 64.9 Å². The van der Waals surface area contributed by atoms with Crippen LogP contribution in [-0.4, -0.2) is 13.0 Å². The van der Waals surface area contributed by atoms with Crippen molar-refractivity contribution in [3.63, 3.8) is 0 Å². The molecule has 0 aliphatic rings. The molecule has 3 rings (SSSR count). The number of methoxy groups -OCH3 is 1. The van der Waals surface area contributed by atoms with Crippen LogP contribution in [0.15, 0.2) is 60.0 Å². The molecule has 0 bridgehead atoms. The SMILES string of the molecule is COc1ccc(NC(=O)c2scc(-c3ccccc3)c2N)cc1. The molecule has 1 heterocycles. The largest absolute Gasteiger partial charge is 0.497 e. The van der Waals surface area contributed by atoms with Crippen molar-refractivity contribution in [2.45, 2.75) is 0 Å². The molecule has 3 N–H and O–H groups in total. The lowest BCUT2D eigenvalue weighted by Crippen LogP contribution is -2.12. The van der Waals surface area contributed by atoms with Gasteiger partial charge in [-0.05, 0) is 29.8 Å². The average molecular weight is 324 g/mol. The number of ether oxygens (including phenoxy) is 1. The van der Waals surface area contributed by atoms with Crippen LogP contribution in [0.25, 0.3) is 11.1 Å². The first-order valence-electron chi connectivity index (χ1n) is 7.07. The fraction of sp³-hybridized carbons (Fsp3) is 0.0556. The summed E-state index contributed by atoms with van der Waals surface area (Å²) in [7, 11) is 1.60. The summed E-state index contributed by atoms with van der Waals surface area (Å²) >= 11 is 1.34. The summed E-state index contributed by atoms with van der Waals surface area (Å²) in [6.45, 7) is 0. The van der Waals surface area contributed by atoms with Gasteiger partial charge in [-0.3, -0.25) is 4.79 Å². The van der Waals surface area contributed by atoms with Gasteiger partial charge in [-0.15, -0.1) is 11.3 Å². The Labute approximate surface area is 138 Å². The zero-order chi connectivity index (χ0) is 16.2. The van der Waals surface area contributed by atoms with E-state index < -0.39 is 0 Å². The zero-order valence-electron chi connectivity index (χ0n) is 12.6. The Hall–Kier alpha value is -2.79. The Morgan fingerprint density at radius 1 is 1.09 bits per heavy atom. The van der Waals surface area contributed by atoms with Crippen LogP contribution in [0.1, 0.15) is 9.67 Å². The number of rotatable bonds is 4. The van der Waals surface area contributed by atoms with Crippen molar-refractivity contribution in [3.8, 4) is 16.9 Å². The number of carbonyl (C=O) groups is 1. The van der Waals surface area contributed by atoms with Gasteiger partial charge in [-0.25, -0.2) is 0 Å². The van der Waals surface area contributed by atoms with Crippen LogP contribution in [0, 0.1) is 0 Å². The third kappa shape index (κ3) is 3.19. The van der Waals surface area contributed by atoms with Gasteiger partial charge in [0, 0.05) is 16.6 Å². The highest BCUT2D eigenvalue weighted by molar-refractivity contribution is 7.13. The zero-order valence-corrected chi connectivity index (χ0v) is 13.4. The van der Waals surface area contributed by atoms with Gasteiger partial charge >= 0.3 is 0 Å². The third-order valence-electron chi connectivity index (χ3n) is 3.47. The second kappa shape index (κ2) is 6.54. The number of anilines is 2. The molecule has 0 aliphatic heterocycles. The highest BCUT2D eigenvalue weighted by Gasteiger charge is 2.16. The minimum absolute atomic E-state index is 0.208. The van der Waals surface area contributed by atoms with Gasteiger partial charge in [-0.2, -0.15) is 0 Å². The number of hydrogen-bond donors (Lipinski definition) is 2. The molecular weight excluding hydrogens is 308 g/mol. The Morgan fingerprint density at radius 2 is 1.78 bits per heavy atom. The summed E-state index contributed by atoms with van der Waals surface area (Å²) in [6, 6.07) is 17.0. The number of amides is 1. The van der Waals surface area contributed by atoms with E-state index in [1.54, 1.807) is 31.4 Å². The Kier molecular flexibility index (Phi) is 4.30. The number of benzene rings is 2. The van der Waals surface area contributed by atoms with E-state index in [0.717, 1.165) is 16.9 Å². The summed E-state index contributed by atoms with van der Waals surface area (Å²) < 4.78 is 5.10. The maximum atomic E-state index is 12.4. The number of nitrogens with one attached hydrogen (secondary N) is 1. The lowest BCUT2D eigenvalue weighted by molar-refractivity contribution is 0.103. The van der Waals surface area contributed by atoms with E-state index in [-0.39, 0.29) is 5.91 Å². The van der Waals surface area contributed by atoms with E-state index in [0.29, 0.717) is 16.3 Å². The van der Waals surface area contributed by atoms with Crippen LogP contribution in [0.2, 0.25) is 0 Å². The Balaban J connectivity index is 1.81. The van der Waals surface area contributed by atoms with E-state index in [2.05, 4.69) is 5.32 Å². The average Bonchev–Trinajstić information content (AvgIpc) is 2.98. The van der Waals surface area contributed by atoms with Crippen LogP contribution >= 0.6 is 11.3 Å². The number of hydrogen-bond acceptors (Lipinski definition) is 4. The maximum Gasteiger partial charge on any atom is 0.267 e. The number of nitrogen functional groups attached to an aromatic ring is 1. The molecule has 116 valence electrons. The van der Waals surface area contributed by atoms with Crippen molar-refractivity contribution in [1.82, 2.24) is 0 Å². The van der Waals surface area contributed by atoms with Gasteiger partial charge in [0.15, 0.2) is 0 Å². The van der Waals surface area contributed by atoms with E-state index >= 15 is 0 Å². The lowest BCUT2D eigenvalue weighted by atomic mass is 10.1. The molecular formula is C18H16N2O2S. The van der Waals surface area contributed by atoms with E-state index in [9.17, 15) is 4.79 Å². The molecule has 5 heteroatoms. The molecule has 0 spiro atoms. The molecule has 3 aromatic rings. The van der Waals surface area contributed by atoms with Crippen LogP contribution in [0.5, 0.6) is 5.75 Å². The molecule has 23 heavy (non-hydrogen) atoms. The summed E-state index contributed by atoms with van der Waals surface area (Å²) in [5.74, 6) is 0.532. The van der Waals surface area contributed by atoms with Crippen LogP contribution < -0.4 is 15.8 Å². The standard InChI is InChI=1S/C18H16N2O2S/c1-22-14-9-7-13(8-10-14)20-18(21)17-16(19)15(11-23-17)12-5-3-2-4-6-12/h2-11H,19H2,1H3,(H,20,21). The second-order valence-electron chi connectivity index (χ2n) is 4.94. The second-order valence-corrected chi connectivity index (χ2v) is 5.82. The van der Waals surface area contributed by atoms with Crippen LogP contribution in [-0.2, 0) is 0 Å². The molecule has 0 aliphatic carbocycles. The van der Waals surface area contributed by atoms with E-state index in [4.69, 9.17) is 10.5 Å². The molecule has 0 radical (unpaired) electrons. The summed E-state index contributed by atoms with van der Waals surface area (Å²) in [5.41, 5.74) is 9.26. The van der Waals surface area contributed by atoms with Gasteiger partial charge in [0.05, 0.1) is 12.8 Å². The minimum Gasteiger partial charge on any atom is -0.497 e. The quantitative estimate of drug-likeness (QED) is 0.754. The van der Waals surface area contributed by atoms with Gasteiger partial charge in [0.25, 0.3) is 5.91 Å². The Morgan fingerprint density at radius 3 is 2.43 bits per heavy atom. The first-order chi connectivity index (χ1) is 11.2. The first-order valence-corrected chi connectivity index (χ1v) is 7.95. The minimum atomic E-state index is -0.208. The number of carbonyl (C=O) groups excluding carboxylic acids is 1. The summed E-state index contributed by atoms with van der Waals surface area (Å²) in [6.07, 6.45) is 0. The predicted octanol–water partition coefficient (Wildman–Crippen LogP) is 4.26. The molecule has 1 amide bonds. The monoisotopic (exact) mass is 324 g/mol. The van der Waals surface area contributed by atoms with Gasteiger partial charge in [0.2, 0.25) is 0 Å². The van der Waals surface area contributed by atoms with E-state index in [1.807, 2.05) is 35.7 Å². The van der Waals surface area contributed by atoms with Crippen LogP contribution in [0.4, 0.5) is 11.4 Å². The molecule has 0 fully saturated rings. The first kappa shape index (κ1) is 15.1. The highest BCUT2D eigenvalue weighted by Crippen LogP contribution is 2.34.